The van der Waals surface area contributed by atoms with Gasteiger partial charge in [-0.15, -0.1) is 0 Å². The van der Waals surface area contributed by atoms with Gasteiger partial charge in [-0.25, -0.2) is 13.2 Å². The van der Waals surface area contributed by atoms with Crippen LogP contribution in [-0.2, 0) is 19.4 Å². The third-order valence-electron chi connectivity index (χ3n) is 7.10. The number of urea groups is 1. The van der Waals surface area contributed by atoms with Gasteiger partial charge in [0.05, 0.1) is 11.0 Å². The number of Topliss-reactive ketones (excluding diaryl/α,β-unsaturated/α-hetero) is 1. The molecule has 5 rings (SSSR count). The van der Waals surface area contributed by atoms with Gasteiger partial charge in [0.25, 0.3) is 0 Å². The van der Waals surface area contributed by atoms with Crippen LogP contribution in [0.4, 0.5) is 4.79 Å². The second-order valence-electron chi connectivity index (χ2n) is 9.51. The van der Waals surface area contributed by atoms with Crippen molar-refractivity contribution < 1.29 is 22.7 Å². The van der Waals surface area contributed by atoms with Crippen LogP contribution in [0.15, 0.2) is 47.4 Å². The number of halogens is 1. The van der Waals surface area contributed by atoms with E-state index in [0.29, 0.717) is 37.6 Å². The number of hydrogen-bond acceptors (Lipinski definition) is 5. The lowest BCUT2D eigenvalue weighted by molar-refractivity contribution is -0.140. The Balaban J connectivity index is 1.19. The first-order valence-corrected chi connectivity index (χ1v) is 13.7. The van der Waals surface area contributed by atoms with Gasteiger partial charge in [-0.2, -0.15) is 0 Å². The van der Waals surface area contributed by atoms with Gasteiger partial charge in [0.1, 0.15) is 6.61 Å². The molecule has 2 atom stereocenters. The van der Waals surface area contributed by atoms with Crippen molar-refractivity contribution in [2.75, 3.05) is 39.0 Å². The molecule has 3 aliphatic heterocycles. The SMILES string of the molecule is CS(=O)(=O)c1ccc(-c2ccc(C3CN(C(=O)N4CC[C@@H]5OCC(=O)C[C@@H]5C4)C3)cc2)c(Cl)c1. The van der Waals surface area contributed by atoms with Gasteiger partial charge >= 0.3 is 6.03 Å². The Kier molecular flexibility index (Phi) is 6.16. The van der Waals surface area contributed by atoms with Crippen molar-refractivity contribution in [2.45, 2.75) is 29.8 Å². The van der Waals surface area contributed by atoms with E-state index in [9.17, 15) is 18.0 Å². The molecule has 0 spiro atoms. The zero-order valence-electron chi connectivity index (χ0n) is 18.9. The summed E-state index contributed by atoms with van der Waals surface area (Å²) in [4.78, 5) is 28.6. The largest absolute Gasteiger partial charge is 0.370 e. The van der Waals surface area contributed by atoms with Crippen LogP contribution in [0.2, 0.25) is 5.02 Å². The fourth-order valence-corrected chi connectivity index (χ4v) is 6.09. The average Bonchev–Trinajstić information content (AvgIpc) is 2.77. The molecular formula is C25H27ClN2O5S. The number of likely N-dealkylation sites (tertiary alicyclic amines) is 2. The van der Waals surface area contributed by atoms with E-state index in [1.54, 1.807) is 12.1 Å². The standard InChI is InChI=1S/C25H27ClN2O5S/c1-34(31,32)21-6-7-22(23(26)11-21)17-4-2-16(3-5-17)19-13-28(14-19)25(30)27-9-8-24-18(12-27)10-20(29)15-33-24/h2-7,11,18-19,24H,8-10,12-15H2,1H3/t18-,24+/m1/s1. The highest BCUT2D eigenvalue weighted by Gasteiger charge is 2.40. The number of piperidine rings is 1. The van der Waals surface area contributed by atoms with E-state index in [1.807, 2.05) is 34.1 Å². The zero-order valence-corrected chi connectivity index (χ0v) is 20.5. The first-order valence-electron chi connectivity index (χ1n) is 11.5. The molecule has 9 heteroatoms. The fourth-order valence-electron chi connectivity index (χ4n) is 5.09. The van der Waals surface area contributed by atoms with Crippen LogP contribution >= 0.6 is 11.6 Å². The molecule has 3 aliphatic rings. The molecule has 0 saturated carbocycles. The van der Waals surface area contributed by atoms with Crippen LogP contribution in [0.5, 0.6) is 0 Å². The van der Waals surface area contributed by atoms with E-state index in [4.69, 9.17) is 16.3 Å². The number of fused-ring (bicyclic) bond motifs is 1. The lowest BCUT2D eigenvalue weighted by Crippen LogP contribution is -2.58. The number of ketones is 1. The number of carbonyl (C=O) groups is 2. The minimum atomic E-state index is -3.31. The summed E-state index contributed by atoms with van der Waals surface area (Å²) in [5.74, 6) is 0.510. The van der Waals surface area contributed by atoms with Crippen LogP contribution in [0.25, 0.3) is 11.1 Å². The second-order valence-corrected chi connectivity index (χ2v) is 11.9. The molecule has 0 unspecified atom stereocenters. The summed E-state index contributed by atoms with van der Waals surface area (Å²) in [6.07, 6.45) is 2.55. The second kappa shape index (κ2) is 8.98. The highest BCUT2D eigenvalue weighted by atomic mass is 35.5. The predicted octanol–water partition coefficient (Wildman–Crippen LogP) is 3.61. The highest BCUT2D eigenvalue weighted by Crippen LogP contribution is 2.34. The molecule has 3 fully saturated rings. The first kappa shape index (κ1) is 23.3. The molecule has 180 valence electrons. The normalized spacial score (nSPS) is 23.4. The van der Waals surface area contributed by atoms with Crippen LogP contribution in [0, 0.1) is 5.92 Å². The van der Waals surface area contributed by atoms with Gasteiger partial charge in [0.2, 0.25) is 0 Å². The zero-order chi connectivity index (χ0) is 24.0. The van der Waals surface area contributed by atoms with Crippen molar-refractivity contribution in [1.82, 2.24) is 9.80 Å². The Bertz CT molecular complexity index is 1220. The van der Waals surface area contributed by atoms with Crippen LogP contribution < -0.4 is 0 Å². The third kappa shape index (κ3) is 4.59. The maximum absolute atomic E-state index is 13.0. The lowest BCUT2D eigenvalue weighted by Gasteiger charge is -2.46. The van der Waals surface area contributed by atoms with Gasteiger partial charge < -0.3 is 14.5 Å². The highest BCUT2D eigenvalue weighted by molar-refractivity contribution is 7.90. The first-order chi connectivity index (χ1) is 16.2. The van der Waals surface area contributed by atoms with Crippen molar-refractivity contribution >= 4 is 33.3 Å². The molecule has 2 aromatic carbocycles. The number of rotatable bonds is 3. The van der Waals surface area contributed by atoms with E-state index in [-0.39, 0.29) is 41.3 Å². The molecule has 2 amide bonds. The summed E-state index contributed by atoms with van der Waals surface area (Å²) >= 11 is 6.35. The Labute approximate surface area is 204 Å². The smallest absolute Gasteiger partial charge is 0.320 e. The van der Waals surface area contributed by atoms with Gasteiger partial charge in [0.15, 0.2) is 15.6 Å². The molecular weight excluding hydrogens is 476 g/mol. The molecule has 3 saturated heterocycles. The molecule has 0 bridgehead atoms. The van der Waals surface area contributed by atoms with E-state index in [1.165, 1.54) is 6.07 Å². The maximum Gasteiger partial charge on any atom is 0.320 e. The van der Waals surface area contributed by atoms with E-state index < -0.39 is 9.84 Å². The minimum Gasteiger partial charge on any atom is -0.370 e. The fraction of sp³-hybridized carbons (Fsp3) is 0.440. The number of sulfone groups is 1. The topological polar surface area (TPSA) is 84.0 Å². The Morgan fingerprint density at radius 3 is 2.47 bits per heavy atom. The third-order valence-corrected chi connectivity index (χ3v) is 8.52. The summed E-state index contributed by atoms with van der Waals surface area (Å²) < 4.78 is 29.1. The van der Waals surface area contributed by atoms with Gasteiger partial charge in [0, 0.05) is 61.3 Å². The number of ether oxygens (including phenoxy) is 1. The lowest BCUT2D eigenvalue weighted by atomic mass is 9.87. The molecule has 3 heterocycles. The predicted molar refractivity (Wildman–Crippen MR) is 129 cm³/mol. The Morgan fingerprint density at radius 1 is 1.06 bits per heavy atom. The van der Waals surface area contributed by atoms with E-state index in [2.05, 4.69) is 0 Å². The number of amides is 2. The quantitative estimate of drug-likeness (QED) is 0.640. The number of hydrogen-bond donors (Lipinski definition) is 0. The van der Waals surface area contributed by atoms with Gasteiger partial charge in [-0.05, 0) is 29.7 Å². The number of nitrogens with zero attached hydrogens (tertiary/aromatic N) is 2. The molecule has 0 aromatic heterocycles. The van der Waals surface area contributed by atoms with E-state index in [0.717, 1.165) is 29.4 Å². The summed E-state index contributed by atoms with van der Waals surface area (Å²) in [6, 6.07) is 12.9. The summed E-state index contributed by atoms with van der Waals surface area (Å²) in [5, 5.41) is 0.393. The monoisotopic (exact) mass is 502 g/mol. The number of carbonyl (C=O) groups excluding carboxylic acids is 2. The molecule has 0 radical (unpaired) electrons. The van der Waals surface area contributed by atoms with Gasteiger partial charge in [-0.3, -0.25) is 4.79 Å². The van der Waals surface area contributed by atoms with E-state index >= 15 is 0 Å². The molecule has 34 heavy (non-hydrogen) atoms. The molecule has 0 N–H and O–H groups in total. The maximum atomic E-state index is 13.0. The van der Waals surface area contributed by atoms with Crippen molar-refractivity contribution in [3.8, 4) is 11.1 Å². The molecule has 0 aliphatic carbocycles. The number of benzene rings is 2. The Hall–Kier alpha value is -2.42. The summed E-state index contributed by atoms with van der Waals surface area (Å²) in [5.41, 5.74) is 2.84. The van der Waals surface area contributed by atoms with Crippen molar-refractivity contribution in [3.63, 3.8) is 0 Å². The van der Waals surface area contributed by atoms with Crippen molar-refractivity contribution in [3.05, 3.63) is 53.1 Å². The molecule has 7 nitrogen and oxygen atoms in total. The van der Waals surface area contributed by atoms with Crippen LogP contribution in [0.1, 0.15) is 24.3 Å². The average molecular weight is 503 g/mol. The van der Waals surface area contributed by atoms with Gasteiger partial charge in [-0.1, -0.05) is 41.9 Å². The van der Waals surface area contributed by atoms with Crippen LogP contribution in [-0.4, -0.2) is 75.2 Å². The summed E-state index contributed by atoms with van der Waals surface area (Å²) in [6.45, 7) is 2.80. The molecule has 2 aromatic rings. The summed E-state index contributed by atoms with van der Waals surface area (Å²) in [7, 11) is -3.31. The minimum absolute atomic E-state index is 0.0436. The van der Waals surface area contributed by atoms with Crippen molar-refractivity contribution in [1.29, 1.82) is 0 Å². The van der Waals surface area contributed by atoms with Crippen molar-refractivity contribution in [2.24, 2.45) is 5.92 Å². The van der Waals surface area contributed by atoms with Crippen LogP contribution in [0.3, 0.4) is 0 Å². The Morgan fingerprint density at radius 2 is 1.79 bits per heavy atom.